The predicted molar refractivity (Wildman–Crippen MR) is 83.1 cm³/mol. The summed E-state index contributed by atoms with van der Waals surface area (Å²) in [6, 6.07) is 1.48. The largest absolute Gasteiger partial charge is 0.356 e. The molecule has 2 aliphatic rings. The first-order chi connectivity index (χ1) is 10.5. The maximum atomic E-state index is 12.5. The summed E-state index contributed by atoms with van der Waals surface area (Å²) < 4.78 is 26.5. The maximum Gasteiger partial charge on any atom is 0.270 e. The van der Waals surface area contributed by atoms with Crippen molar-refractivity contribution in [3.63, 3.8) is 0 Å². The molecule has 1 N–H and O–H groups in total. The van der Waals surface area contributed by atoms with Crippen molar-refractivity contribution in [1.82, 2.24) is 14.2 Å². The second-order valence-corrected chi connectivity index (χ2v) is 8.30. The molecule has 1 aromatic rings. The molecule has 0 bridgehead atoms. The van der Waals surface area contributed by atoms with Crippen molar-refractivity contribution >= 4 is 15.9 Å². The number of hydrogen-bond donors (Lipinski definition) is 1. The Labute approximate surface area is 131 Å². The average Bonchev–Trinajstić information content (AvgIpc) is 3.18. The fraction of sp³-hybridized carbons (Fsp3) is 0.667. The number of rotatable bonds is 3. The topological polar surface area (TPSA) is 73.5 Å². The SMILES string of the molecule is CC1CCCN(C(=O)c2cc(S(=O)(=O)N3CCCC3)c[nH]2)C1. The van der Waals surface area contributed by atoms with Crippen molar-refractivity contribution in [3.05, 3.63) is 18.0 Å². The van der Waals surface area contributed by atoms with Crippen LogP contribution in [0.15, 0.2) is 17.2 Å². The Morgan fingerprint density at radius 2 is 1.95 bits per heavy atom. The van der Waals surface area contributed by atoms with Crippen LogP contribution in [0.25, 0.3) is 0 Å². The monoisotopic (exact) mass is 325 g/mol. The van der Waals surface area contributed by atoms with Gasteiger partial charge in [-0.1, -0.05) is 6.92 Å². The van der Waals surface area contributed by atoms with E-state index < -0.39 is 10.0 Å². The summed E-state index contributed by atoms with van der Waals surface area (Å²) in [7, 11) is -3.46. The zero-order chi connectivity index (χ0) is 15.7. The molecule has 1 unspecified atom stereocenters. The lowest BCUT2D eigenvalue weighted by Gasteiger charge is -2.30. The zero-order valence-electron chi connectivity index (χ0n) is 12.9. The number of hydrogen-bond acceptors (Lipinski definition) is 3. The van der Waals surface area contributed by atoms with Gasteiger partial charge in [0.1, 0.15) is 10.6 Å². The molecular formula is C15H23N3O3S. The molecule has 2 fully saturated rings. The Morgan fingerprint density at radius 3 is 2.64 bits per heavy atom. The Hall–Kier alpha value is -1.34. The normalized spacial score (nSPS) is 23.9. The van der Waals surface area contributed by atoms with Crippen LogP contribution in [0.2, 0.25) is 0 Å². The number of aromatic nitrogens is 1. The molecule has 6 nitrogen and oxygen atoms in total. The Balaban J connectivity index is 1.77. The molecular weight excluding hydrogens is 302 g/mol. The van der Waals surface area contributed by atoms with Gasteiger partial charge in [0.15, 0.2) is 0 Å². The van der Waals surface area contributed by atoms with Crippen LogP contribution in [0.1, 0.15) is 43.1 Å². The molecule has 7 heteroatoms. The summed E-state index contributed by atoms with van der Waals surface area (Å²) >= 11 is 0. The molecule has 0 saturated carbocycles. The third-order valence-electron chi connectivity index (χ3n) is 4.53. The highest BCUT2D eigenvalue weighted by Crippen LogP contribution is 2.23. The fourth-order valence-corrected chi connectivity index (χ4v) is 4.78. The third-order valence-corrected chi connectivity index (χ3v) is 6.41. The van der Waals surface area contributed by atoms with E-state index in [2.05, 4.69) is 11.9 Å². The number of likely N-dealkylation sites (tertiary alicyclic amines) is 1. The zero-order valence-corrected chi connectivity index (χ0v) is 13.7. The lowest BCUT2D eigenvalue weighted by Crippen LogP contribution is -2.39. The van der Waals surface area contributed by atoms with E-state index >= 15 is 0 Å². The highest BCUT2D eigenvalue weighted by Gasteiger charge is 2.30. The molecule has 3 rings (SSSR count). The van der Waals surface area contributed by atoms with Crippen molar-refractivity contribution in [3.8, 4) is 0 Å². The van der Waals surface area contributed by atoms with Crippen LogP contribution in [0.4, 0.5) is 0 Å². The standard InChI is InChI=1S/C15H23N3O3S/c1-12-5-4-6-17(11-12)15(19)14-9-13(10-16-14)22(20,21)18-7-2-3-8-18/h9-10,12,16H,2-8,11H2,1H3. The molecule has 0 radical (unpaired) electrons. The van der Waals surface area contributed by atoms with Gasteiger partial charge in [0.25, 0.3) is 5.91 Å². The van der Waals surface area contributed by atoms with Gasteiger partial charge in [0, 0.05) is 32.4 Å². The van der Waals surface area contributed by atoms with E-state index in [0.717, 1.165) is 38.8 Å². The summed E-state index contributed by atoms with van der Waals surface area (Å²) in [6.45, 7) is 4.76. The molecule has 0 spiro atoms. The molecule has 0 aliphatic carbocycles. The van der Waals surface area contributed by atoms with Gasteiger partial charge < -0.3 is 9.88 Å². The number of aromatic amines is 1. The van der Waals surface area contributed by atoms with Gasteiger partial charge in [-0.15, -0.1) is 0 Å². The number of H-pyrrole nitrogens is 1. The van der Waals surface area contributed by atoms with Gasteiger partial charge in [-0.05, 0) is 37.7 Å². The van der Waals surface area contributed by atoms with E-state index in [4.69, 9.17) is 0 Å². The Bertz CT molecular complexity index is 647. The number of carbonyl (C=O) groups excluding carboxylic acids is 1. The minimum absolute atomic E-state index is 0.102. The molecule has 22 heavy (non-hydrogen) atoms. The Morgan fingerprint density at radius 1 is 1.23 bits per heavy atom. The molecule has 1 aromatic heterocycles. The molecule has 122 valence electrons. The van der Waals surface area contributed by atoms with Crippen LogP contribution < -0.4 is 0 Å². The second-order valence-electron chi connectivity index (χ2n) is 6.36. The van der Waals surface area contributed by atoms with E-state index in [1.165, 1.54) is 16.6 Å². The summed E-state index contributed by atoms with van der Waals surface area (Å²) in [5.41, 5.74) is 0.367. The maximum absolute atomic E-state index is 12.5. The molecule has 3 heterocycles. The van der Waals surface area contributed by atoms with Crippen molar-refractivity contribution in [2.45, 2.75) is 37.5 Å². The van der Waals surface area contributed by atoms with Gasteiger partial charge in [0.2, 0.25) is 10.0 Å². The van der Waals surface area contributed by atoms with Crippen molar-refractivity contribution in [1.29, 1.82) is 0 Å². The van der Waals surface area contributed by atoms with Crippen molar-refractivity contribution in [2.24, 2.45) is 5.92 Å². The summed E-state index contributed by atoms with van der Waals surface area (Å²) in [6.07, 6.45) is 5.39. The summed E-state index contributed by atoms with van der Waals surface area (Å²) in [4.78, 5) is 17.4. The first kappa shape index (κ1) is 15.6. The Kier molecular flexibility index (Phi) is 4.27. The van der Waals surface area contributed by atoms with E-state index in [1.54, 1.807) is 0 Å². The molecule has 0 aromatic carbocycles. The second kappa shape index (κ2) is 6.04. The van der Waals surface area contributed by atoms with Gasteiger partial charge in [0.05, 0.1) is 0 Å². The van der Waals surface area contributed by atoms with E-state index in [1.807, 2.05) is 4.90 Å². The van der Waals surface area contributed by atoms with E-state index in [-0.39, 0.29) is 10.8 Å². The quantitative estimate of drug-likeness (QED) is 0.919. The highest BCUT2D eigenvalue weighted by atomic mass is 32.2. The average molecular weight is 325 g/mol. The summed E-state index contributed by atoms with van der Waals surface area (Å²) in [5, 5.41) is 0. The number of carbonyl (C=O) groups is 1. The van der Waals surface area contributed by atoms with Gasteiger partial charge in [-0.25, -0.2) is 8.42 Å². The lowest BCUT2D eigenvalue weighted by atomic mass is 10.0. The highest BCUT2D eigenvalue weighted by molar-refractivity contribution is 7.89. The number of amides is 1. The molecule has 2 aliphatic heterocycles. The third kappa shape index (κ3) is 2.92. The first-order valence-corrected chi connectivity index (χ1v) is 9.40. The number of piperidine rings is 1. The number of nitrogens with one attached hydrogen (secondary N) is 1. The fourth-order valence-electron chi connectivity index (χ4n) is 3.27. The van der Waals surface area contributed by atoms with Crippen LogP contribution in [-0.4, -0.2) is 54.7 Å². The lowest BCUT2D eigenvalue weighted by molar-refractivity contribution is 0.0677. The van der Waals surface area contributed by atoms with Crippen molar-refractivity contribution < 1.29 is 13.2 Å². The van der Waals surface area contributed by atoms with Crippen LogP contribution in [0, 0.1) is 5.92 Å². The van der Waals surface area contributed by atoms with Crippen LogP contribution in [0.3, 0.4) is 0 Å². The van der Waals surface area contributed by atoms with E-state index in [0.29, 0.717) is 24.7 Å². The minimum atomic E-state index is -3.46. The smallest absolute Gasteiger partial charge is 0.270 e. The molecule has 1 atom stereocenters. The minimum Gasteiger partial charge on any atom is -0.356 e. The van der Waals surface area contributed by atoms with Crippen LogP contribution in [-0.2, 0) is 10.0 Å². The van der Waals surface area contributed by atoms with Crippen LogP contribution >= 0.6 is 0 Å². The predicted octanol–water partition coefficient (Wildman–Crippen LogP) is 1.67. The van der Waals surface area contributed by atoms with Gasteiger partial charge in [-0.3, -0.25) is 4.79 Å². The van der Waals surface area contributed by atoms with Gasteiger partial charge in [-0.2, -0.15) is 4.31 Å². The molecule has 2 saturated heterocycles. The number of sulfonamides is 1. The molecule has 1 amide bonds. The van der Waals surface area contributed by atoms with E-state index in [9.17, 15) is 13.2 Å². The van der Waals surface area contributed by atoms with Crippen molar-refractivity contribution in [2.75, 3.05) is 26.2 Å². The first-order valence-electron chi connectivity index (χ1n) is 7.96. The van der Waals surface area contributed by atoms with Gasteiger partial charge >= 0.3 is 0 Å². The van der Waals surface area contributed by atoms with Crippen LogP contribution in [0.5, 0.6) is 0 Å². The summed E-state index contributed by atoms with van der Waals surface area (Å²) in [5.74, 6) is 0.398. The number of nitrogens with zero attached hydrogens (tertiary/aromatic N) is 2.